The Morgan fingerprint density at radius 1 is 0.641 bits per heavy atom. The molecule has 0 spiro atoms. The van der Waals surface area contributed by atoms with Crippen molar-refractivity contribution in [1.82, 2.24) is 30.3 Å². The summed E-state index contributed by atoms with van der Waals surface area (Å²) in [5.41, 5.74) is 22.0. The first-order chi connectivity index (χ1) is 63.8. The Kier molecular flexibility index (Phi) is 27.3. The number of carboxylic acid groups (broad SMARTS) is 1. The first-order valence-corrected chi connectivity index (χ1v) is 43.4. The summed E-state index contributed by atoms with van der Waals surface area (Å²) in [7, 11) is 0. The predicted octanol–water partition coefficient (Wildman–Crippen LogP) is 21.4. The number of carboxylic acids is 1. The van der Waals surface area contributed by atoms with Crippen LogP contribution in [-0.4, -0.2) is 83.9 Å². The number of hydrogen-bond donors (Lipinski definition) is 3. The highest BCUT2D eigenvalue weighted by Crippen LogP contribution is 2.52. The second-order valence-electron chi connectivity index (χ2n) is 31.2. The maximum Gasteiger partial charge on any atom is 0.379 e. The Labute approximate surface area is 759 Å². The normalized spacial score (nSPS) is 15.1. The topological polar surface area (TPSA) is 337 Å². The number of ketones is 2. The van der Waals surface area contributed by atoms with Gasteiger partial charge in [0.25, 0.3) is 0 Å². The minimum absolute atomic E-state index is 0.0194. The maximum absolute atomic E-state index is 13.2. The van der Waals surface area contributed by atoms with E-state index in [2.05, 4.69) is 62.3 Å². The van der Waals surface area contributed by atoms with E-state index in [0.717, 1.165) is 93.7 Å². The van der Waals surface area contributed by atoms with Crippen molar-refractivity contribution in [2.24, 2.45) is 5.73 Å². The molecule has 0 bridgehead atoms. The minimum Gasteiger partial charge on any atom is -0.489 e. The van der Waals surface area contributed by atoms with E-state index in [1.165, 1.54) is 24.8 Å². The van der Waals surface area contributed by atoms with E-state index in [1.807, 2.05) is 183 Å². The molecule has 131 heavy (non-hydrogen) atoms. The highest BCUT2D eigenvalue weighted by molar-refractivity contribution is 6.32. The van der Waals surface area contributed by atoms with Crippen LogP contribution in [0.1, 0.15) is 162 Å². The second-order valence-corrected chi connectivity index (χ2v) is 31.6. The first kappa shape index (κ1) is 88.5. The van der Waals surface area contributed by atoms with Crippen LogP contribution in [0.15, 0.2) is 316 Å². The first-order valence-electron chi connectivity index (χ1n) is 43.0. The van der Waals surface area contributed by atoms with Crippen LogP contribution in [0.25, 0.3) is 44.8 Å². The number of Topliss-reactive ketones (excluding diaryl/α,β-unsaturated/α-hetero) is 2. The molecule has 4 aromatic heterocycles. The molecule has 0 fully saturated rings. The van der Waals surface area contributed by atoms with Gasteiger partial charge in [-0.05, 0) is 147 Å². The zero-order valence-electron chi connectivity index (χ0n) is 72.2. The van der Waals surface area contributed by atoms with Crippen molar-refractivity contribution in [2.45, 2.75) is 117 Å². The van der Waals surface area contributed by atoms with Crippen LogP contribution in [-0.2, 0) is 43.5 Å². The van der Waals surface area contributed by atoms with Crippen LogP contribution >= 0.6 is 11.6 Å². The molecule has 25 nitrogen and oxygen atoms in total. The minimum atomic E-state index is -1.19. The number of aromatic nitrogens is 5. The molecule has 3 atom stereocenters. The number of halogens is 1. The third-order valence-electron chi connectivity index (χ3n) is 22.7. The Bertz CT molecular complexity index is 6690. The fourth-order valence-electron chi connectivity index (χ4n) is 16.6. The number of anilines is 1. The van der Waals surface area contributed by atoms with E-state index >= 15 is 0 Å². The number of hydrogen-bond acceptors (Lipinski definition) is 22. The number of amides is 1. The summed E-state index contributed by atoms with van der Waals surface area (Å²) in [6.45, 7) is 11.2. The van der Waals surface area contributed by atoms with E-state index < -0.39 is 36.2 Å². The lowest BCUT2D eigenvalue weighted by Crippen LogP contribution is -2.39. The fourth-order valence-corrected chi connectivity index (χ4v) is 16.9. The number of furan rings is 2. The standard InChI is InChI=1S/C29H30ClNO3.C27H24N4O3.C25H20O6.C24H16N4O4/c1-3-31-22-6-4-8-24(32)28(22)27(29-23(31)7-5-9-25(29)33)20-14-15-26(21(30)16-20)34-17-19-12-10-18(2)11-13-19;1-3-24-28-26-25(30-29-24)22-14-7-8-15-23(22)31(18(2)32)27(34-26)20-12-9-13-21(16-20)33-17-19-10-5-4-6-11-19;1-2-29-25(28)21-19-15-18(30-23(24(26)27)17-11-7-4-8-12-17)13-14-20(19)31-22(21)16-9-5-3-6-10-16;25-13-17-19(15-8-4-9-16(12-15)31-24(29)18-10-5-11-30-18)20-21(14-6-2-1-3-7-14)27-28-23(20)32-22(17)26/h10-16,27H,3-9,17H2,1-2H3;4-16,27H,3,17H2,1-2H3;3-15,23H,2H2,1H3,(H,26,27);1-12,19H,26H2,(H,27,28). The Morgan fingerprint density at radius 2 is 1.28 bits per heavy atom. The molecular weight excluding hydrogens is 1680 g/mol. The molecular formula is C105H90ClN9O16. The number of nitrogens with two attached hydrogens (primary N) is 1. The number of aromatic amines is 1. The number of H-pyrrole nitrogens is 1. The van der Waals surface area contributed by atoms with Gasteiger partial charge in [-0.2, -0.15) is 10.2 Å². The molecule has 10 aromatic carbocycles. The summed E-state index contributed by atoms with van der Waals surface area (Å²) >= 11 is 6.68. The van der Waals surface area contributed by atoms with E-state index in [4.69, 9.17) is 59.3 Å². The summed E-state index contributed by atoms with van der Waals surface area (Å²) in [5, 5.41) is 36.4. The number of carbonyl (C=O) groups excluding carboxylic acids is 5. The number of para-hydroxylation sites is 1. The van der Waals surface area contributed by atoms with Crippen molar-refractivity contribution in [3.63, 3.8) is 0 Å². The second kappa shape index (κ2) is 40.4. The van der Waals surface area contributed by atoms with Gasteiger partial charge in [0, 0.05) is 88.8 Å². The number of nitrogens with one attached hydrogen (secondary N) is 1. The highest BCUT2D eigenvalue weighted by atomic mass is 35.5. The van der Waals surface area contributed by atoms with Gasteiger partial charge in [-0.3, -0.25) is 24.4 Å². The number of nitriles is 1. The molecule has 3 aliphatic heterocycles. The van der Waals surface area contributed by atoms with Gasteiger partial charge in [-0.1, -0.05) is 218 Å². The number of esters is 2. The smallest absolute Gasteiger partial charge is 0.379 e. The summed E-state index contributed by atoms with van der Waals surface area (Å²) in [6, 6.07) is 83.7. The fraction of sp³-hybridized carbons (Fsp3) is 0.190. The third kappa shape index (κ3) is 19.5. The van der Waals surface area contributed by atoms with Crippen molar-refractivity contribution in [3.05, 3.63) is 374 Å². The number of fused-ring (bicyclic) bond motifs is 5. The molecule has 19 rings (SSSR count). The summed E-state index contributed by atoms with van der Waals surface area (Å²) in [5.74, 6) is 0.562. The Hall–Kier alpha value is -15.9. The average molecular weight is 1770 g/mol. The van der Waals surface area contributed by atoms with Crippen LogP contribution in [0.3, 0.4) is 0 Å². The van der Waals surface area contributed by atoms with E-state index in [0.29, 0.717) is 129 Å². The largest absolute Gasteiger partial charge is 0.489 e. The quantitative estimate of drug-likeness (QED) is 0.0444. The van der Waals surface area contributed by atoms with Gasteiger partial charge in [0.2, 0.25) is 41.6 Å². The summed E-state index contributed by atoms with van der Waals surface area (Å²) in [4.78, 5) is 84.7. The number of aryl methyl sites for hydroxylation is 2. The van der Waals surface area contributed by atoms with Crippen LogP contribution in [0.4, 0.5) is 5.69 Å². The van der Waals surface area contributed by atoms with E-state index in [1.54, 1.807) is 84.6 Å². The van der Waals surface area contributed by atoms with Gasteiger partial charge < -0.3 is 57.7 Å². The molecule has 1 amide bonds. The Balaban J connectivity index is 0.000000128. The molecule has 0 saturated carbocycles. The van der Waals surface area contributed by atoms with E-state index in [9.17, 15) is 39.1 Å². The van der Waals surface area contributed by atoms with Crippen LogP contribution < -0.4 is 39.1 Å². The van der Waals surface area contributed by atoms with Crippen LogP contribution in [0, 0.1) is 18.3 Å². The summed E-state index contributed by atoms with van der Waals surface area (Å²) in [6.07, 6.45) is 4.64. The van der Waals surface area contributed by atoms with Gasteiger partial charge >= 0.3 is 17.9 Å². The average Bonchev–Trinajstić information content (AvgIpc) is 1.64. The number of benzene rings is 10. The van der Waals surface area contributed by atoms with Gasteiger partial charge in [0.15, 0.2) is 23.1 Å². The Morgan fingerprint density at radius 3 is 1.94 bits per heavy atom. The van der Waals surface area contributed by atoms with Crippen molar-refractivity contribution < 1.29 is 75.9 Å². The van der Waals surface area contributed by atoms with Gasteiger partial charge in [-0.25, -0.2) is 14.4 Å². The number of nitrogens with zero attached hydrogens (tertiary/aromatic N) is 7. The monoisotopic (exact) mass is 1770 g/mol. The van der Waals surface area contributed by atoms with Crippen molar-refractivity contribution >= 4 is 63.6 Å². The molecule has 4 N–H and O–H groups in total. The summed E-state index contributed by atoms with van der Waals surface area (Å²) < 4.78 is 51.6. The number of carbonyl (C=O) groups is 6. The zero-order chi connectivity index (χ0) is 91.2. The SMILES string of the molecule is CCN1C2=C(C(=O)CCC2)C(c2ccc(OCc3ccc(C)cc3)c(Cl)c2)C2=C1CCCC2=O.CCOC(=O)c1c(-c2ccccc2)oc2ccc(OC(C(=O)O)c3ccccc3)cc12.CCc1nnc2c(n1)OC(c1cccc(OCc3ccccc3)c1)N(C(C)=O)c1ccccc1-2.N#CC1=C(N)Oc2n[nH]c(-c3ccccc3)c2C1c1cccc(OC(=O)c2ccco2)c1. The van der Waals surface area contributed by atoms with Crippen LogP contribution in [0.2, 0.25) is 5.02 Å². The zero-order valence-corrected chi connectivity index (χ0v) is 73.0. The molecule has 0 saturated heterocycles. The molecule has 2 aliphatic carbocycles. The molecule has 3 unspecified atom stereocenters. The predicted molar refractivity (Wildman–Crippen MR) is 491 cm³/mol. The number of allylic oxidation sites excluding steroid dienone is 5. The molecule has 14 aromatic rings. The number of aliphatic carboxylic acids is 1. The van der Waals surface area contributed by atoms with Crippen molar-refractivity contribution in [3.8, 4) is 74.7 Å². The molecule has 658 valence electrons. The molecule has 26 heteroatoms. The third-order valence-corrected chi connectivity index (χ3v) is 23.0. The number of ether oxygens (including phenoxy) is 7. The van der Waals surface area contributed by atoms with Gasteiger partial charge in [0.1, 0.15) is 64.8 Å². The molecule has 0 radical (unpaired) electrons. The van der Waals surface area contributed by atoms with Crippen LogP contribution in [0.5, 0.6) is 34.8 Å². The lowest BCUT2D eigenvalue weighted by Gasteiger charge is -2.43. The van der Waals surface area contributed by atoms with Crippen molar-refractivity contribution in [1.29, 1.82) is 5.26 Å². The van der Waals surface area contributed by atoms with Gasteiger partial charge in [0.05, 0.1) is 40.8 Å². The highest BCUT2D eigenvalue weighted by Gasteiger charge is 2.44. The van der Waals surface area contributed by atoms with E-state index in [-0.39, 0.29) is 52.8 Å². The maximum atomic E-state index is 13.2. The number of rotatable bonds is 21. The van der Waals surface area contributed by atoms with Gasteiger partial charge in [-0.15, -0.1) is 15.3 Å². The molecule has 5 aliphatic rings. The lowest BCUT2D eigenvalue weighted by atomic mass is 9.71. The van der Waals surface area contributed by atoms with Crippen molar-refractivity contribution in [2.75, 3.05) is 18.1 Å². The lowest BCUT2D eigenvalue weighted by molar-refractivity contribution is -0.145. The molecule has 7 heterocycles.